The Morgan fingerprint density at radius 2 is 2.50 bits per heavy atom. The third kappa shape index (κ3) is 4.13. The molecule has 0 saturated carbocycles. The normalized spacial score (nSPS) is 24.1. The molecule has 0 radical (unpaired) electrons. The predicted molar refractivity (Wildman–Crippen MR) is 61.1 cm³/mol. The van der Waals surface area contributed by atoms with E-state index in [2.05, 4.69) is 23.5 Å². The van der Waals surface area contributed by atoms with E-state index in [-0.39, 0.29) is 6.04 Å². The summed E-state index contributed by atoms with van der Waals surface area (Å²) in [5.74, 6) is 3.59. The van der Waals surface area contributed by atoms with E-state index < -0.39 is 0 Å². The van der Waals surface area contributed by atoms with Gasteiger partial charge >= 0.3 is 0 Å². The topological polar surface area (TPSA) is 24.1 Å². The van der Waals surface area contributed by atoms with E-state index in [1.54, 1.807) is 0 Å². The molecule has 2 nitrogen and oxygen atoms in total. The Bertz CT molecular complexity index is 177. The number of hydrogen-bond donors (Lipinski definition) is 2. The molecule has 1 saturated heterocycles. The van der Waals surface area contributed by atoms with Crippen molar-refractivity contribution in [3.63, 3.8) is 0 Å². The van der Waals surface area contributed by atoms with E-state index in [0.717, 1.165) is 31.8 Å². The van der Waals surface area contributed by atoms with Crippen molar-refractivity contribution in [2.75, 3.05) is 19.6 Å². The molecule has 1 rings (SSSR count). The van der Waals surface area contributed by atoms with Gasteiger partial charge in [0.15, 0.2) is 0 Å². The van der Waals surface area contributed by atoms with E-state index >= 15 is 0 Å². The van der Waals surface area contributed by atoms with Crippen LogP contribution in [0.1, 0.15) is 32.6 Å². The highest BCUT2D eigenvalue weighted by Crippen LogP contribution is 2.08. The van der Waals surface area contributed by atoms with Gasteiger partial charge in [-0.3, -0.25) is 0 Å². The molecule has 0 bridgehead atoms. The van der Waals surface area contributed by atoms with E-state index in [1.165, 1.54) is 19.4 Å². The van der Waals surface area contributed by atoms with Gasteiger partial charge in [0, 0.05) is 6.54 Å². The van der Waals surface area contributed by atoms with E-state index in [1.807, 2.05) is 0 Å². The van der Waals surface area contributed by atoms with Crippen LogP contribution in [0, 0.1) is 18.3 Å². The van der Waals surface area contributed by atoms with Crippen molar-refractivity contribution in [1.29, 1.82) is 0 Å². The summed E-state index contributed by atoms with van der Waals surface area (Å²) in [7, 11) is 0. The molecule has 0 aromatic carbocycles. The molecule has 1 fully saturated rings. The minimum Gasteiger partial charge on any atom is -0.316 e. The van der Waals surface area contributed by atoms with E-state index in [0.29, 0.717) is 0 Å². The Hall–Kier alpha value is -0.520. The fourth-order valence-corrected chi connectivity index (χ4v) is 1.94. The Morgan fingerprint density at radius 1 is 1.64 bits per heavy atom. The van der Waals surface area contributed by atoms with E-state index in [9.17, 15) is 0 Å². The lowest BCUT2D eigenvalue weighted by Crippen LogP contribution is -2.39. The minimum absolute atomic E-state index is 0.280. The fourth-order valence-electron chi connectivity index (χ4n) is 1.94. The Morgan fingerprint density at radius 3 is 3.07 bits per heavy atom. The van der Waals surface area contributed by atoms with Crippen LogP contribution in [0.15, 0.2) is 0 Å². The minimum atomic E-state index is 0.280. The maximum absolute atomic E-state index is 5.45. The molecule has 2 N–H and O–H groups in total. The molecule has 0 spiro atoms. The number of rotatable bonds is 5. The highest BCUT2D eigenvalue weighted by molar-refractivity contribution is 4.98. The lowest BCUT2D eigenvalue weighted by Gasteiger charge is -2.24. The quantitative estimate of drug-likeness (QED) is 0.646. The number of hydrogen-bond acceptors (Lipinski definition) is 2. The summed E-state index contributed by atoms with van der Waals surface area (Å²) in [4.78, 5) is 0. The third-order valence-corrected chi connectivity index (χ3v) is 2.83. The molecular formula is C12H22N2. The van der Waals surface area contributed by atoms with Crippen molar-refractivity contribution in [2.24, 2.45) is 5.92 Å². The molecule has 2 heteroatoms. The van der Waals surface area contributed by atoms with Crippen molar-refractivity contribution in [3.05, 3.63) is 0 Å². The number of nitrogens with one attached hydrogen (secondary N) is 2. The van der Waals surface area contributed by atoms with Crippen molar-refractivity contribution >= 4 is 0 Å². The maximum Gasteiger partial charge on any atom is 0.0686 e. The zero-order chi connectivity index (χ0) is 10.2. The van der Waals surface area contributed by atoms with Crippen molar-refractivity contribution in [3.8, 4) is 12.3 Å². The van der Waals surface area contributed by atoms with Crippen molar-refractivity contribution in [1.82, 2.24) is 10.6 Å². The zero-order valence-electron chi connectivity index (χ0n) is 9.18. The smallest absolute Gasteiger partial charge is 0.0686 e. The second-order valence-corrected chi connectivity index (χ2v) is 4.13. The molecule has 80 valence electrons. The largest absolute Gasteiger partial charge is 0.316 e. The van der Waals surface area contributed by atoms with Crippen LogP contribution in [-0.2, 0) is 0 Å². The summed E-state index contributed by atoms with van der Waals surface area (Å²) in [5.41, 5.74) is 0. The average molecular weight is 194 g/mol. The molecule has 0 aromatic rings. The van der Waals surface area contributed by atoms with Gasteiger partial charge in [-0.25, -0.2) is 0 Å². The van der Waals surface area contributed by atoms with Gasteiger partial charge < -0.3 is 10.6 Å². The summed E-state index contributed by atoms with van der Waals surface area (Å²) in [6.07, 6.45) is 10.3. The zero-order valence-corrected chi connectivity index (χ0v) is 9.18. The molecule has 2 atom stereocenters. The van der Waals surface area contributed by atoms with Gasteiger partial charge in [-0.15, -0.1) is 6.42 Å². The maximum atomic E-state index is 5.45. The lowest BCUT2D eigenvalue weighted by atomic mass is 9.99. The number of piperidine rings is 1. The Balaban J connectivity index is 2.14. The first-order valence-corrected chi connectivity index (χ1v) is 5.77. The fraction of sp³-hybridized carbons (Fsp3) is 0.833. The second-order valence-electron chi connectivity index (χ2n) is 4.13. The summed E-state index contributed by atoms with van der Waals surface area (Å²) in [6.45, 7) is 5.58. The number of terminal acetylenes is 1. The first-order chi connectivity index (χ1) is 6.86. The van der Waals surface area contributed by atoms with Gasteiger partial charge in [0.05, 0.1) is 6.04 Å². The van der Waals surface area contributed by atoms with Crippen LogP contribution in [0.25, 0.3) is 0 Å². The molecule has 0 aliphatic carbocycles. The highest BCUT2D eigenvalue weighted by atomic mass is 14.9. The van der Waals surface area contributed by atoms with Crippen LogP contribution in [0.4, 0.5) is 0 Å². The molecule has 0 aromatic heterocycles. The average Bonchev–Trinajstić information content (AvgIpc) is 2.25. The molecule has 1 aliphatic heterocycles. The third-order valence-electron chi connectivity index (χ3n) is 2.83. The predicted octanol–water partition coefficient (Wildman–Crippen LogP) is 1.38. The Kier molecular flexibility index (Phi) is 5.66. The SMILES string of the molecule is C#CC(CCC)NCC1CCCNC1. The van der Waals surface area contributed by atoms with Gasteiger partial charge in [0.25, 0.3) is 0 Å². The summed E-state index contributed by atoms with van der Waals surface area (Å²) >= 11 is 0. The van der Waals surface area contributed by atoms with Crippen molar-refractivity contribution < 1.29 is 0 Å². The molecule has 1 heterocycles. The molecular weight excluding hydrogens is 172 g/mol. The summed E-state index contributed by atoms with van der Waals surface area (Å²) < 4.78 is 0. The molecule has 2 unspecified atom stereocenters. The standard InChI is InChI=1S/C12H22N2/c1-3-6-12(4-2)14-10-11-7-5-8-13-9-11/h2,11-14H,3,5-10H2,1H3. The van der Waals surface area contributed by atoms with Gasteiger partial charge in [0.1, 0.15) is 0 Å². The van der Waals surface area contributed by atoms with Crippen molar-refractivity contribution in [2.45, 2.75) is 38.6 Å². The van der Waals surface area contributed by atoms with Crippen LogP contribution >= 0.6 is 0 Å². The van der Waals surface area contributed by atoms with Gasteiger partial charge in [-0.2, -0.15) is 0 Å². The first-order valence-electron chi connectivity index (χ1n) is 5.77. The highest BCUT2D eigenvalue weighted by Gasteiger charge is 2.13. The first kappa shape index (κ1) is 11.6. The van der Waals surface area contributed by atoms with Crippen LogP contribution in [0.2, 0.25) is 0 Å². The van der Waals surface area contributed by atoms with Crippen LogP contribution in [-0.4, -0.2) is 25.7 Å². The molecule has 14 heavy (non-hydrogen) atoms. The molecule has 1 aliphatic rings. The monoisotopic (exact) mass is 194 g/mol. The summed E-state index contributed by atoms with van der Waals surface area (Å²) in [5, 5.41) is 6.88. The van der Waals surface area contributed by atoms with Gasteiger partial charge in [0.2, 0.25) is 0 Å². The van der Waals surface area contributed by atoms with E-state index in [4.69, 9.17) is 6.42 Å². The summed E-state index contributed by atoms with van der Waals surface area (Å²) in [6, 6.07) is 0.280. The van der Waals surface area contributed by atoms with Gasteiger partial charge in [-0.1, -0.05) is 19.3 Å². The van der Waals surface area contributed by atoms with Gasteiger partial charge in [-0.05, 0) is 38.3 Å². The molecule has 0 amide bonds. The van der Waals surface area contributed by atoms with Crippen LogP contribution in [0.5, 0.6) is 0 Å². The van der Waals surface area contributed by atoms with Crippen LogP contribution in [0.3, 0.4) is 0 Å². The Labute approximate surface area is 87.8 Å². The second kappa shape index (κ2) is 6.86. The lowest BCUT2D eigenvalue weighted by molar-refractivity contribution is 0.351. The van der Waals surface area contributed by atoms with Crippen LogP contribution < -0.4 is 10.6 Å².